The maximum atomic E-state index is 6.39. The Kier molecular flexibility index (Phi) is 3.95. The number of ether oxygens (including phenoxy) is 1. The third-order valence-corrected chi connectivity index (χ3v) is 4.42. The Morgan fingerprint density at radius 3 is 2.61 bits per heavy atom. The van der Waals surface area contributed by atoms with Gasteiger partial charge in [-0.3, -0.25) is 4.98 Å². The van der Waals surface area contributed by atoms with Gasteiger partial charge in [0.15, 0.2) is 0 Å². The van der Waals surface area contributed by atoms with Crippen molar-refractivity contribution in [3.05, 3.63) is 60.9 Å². The molecule has 0 saturated carbocycles. The summed E-state index contributed by atoms with van der Waals surface area (Å²) < 4.78 is 6.39. The molecule has 23 heavy (non-hydrogen) atoms. The molecule has 1 saturated heterocycles. The van der Waals surface area contributed by atoms with Crippen molar-refractivity contribution in [2.75, 3.05) is 13.1 Å². The minimum Gasteiger partial charge on any atom is -0.490 e. The van der Waals surface area contributed by atoms with Gasteiger partial charge < -0.3 is 10.1 Å². The van der Waals surface area contributed by atoms with Gasteiger partial charge in [-0.05, 0) is 55.1 Å². The van der Waals surface area contributed by atoms with Crippen molar-refractivity contribution in [1.82, 2.24) is 10.3 Å². The van der Waals surface area contributed by atoms with E-state index in [1.54, 1.807) is 0 Å². The number of benzene rings is 2. The summed E-state index contributed by atoms with van der Waals surface area (Å²) >= 11 is 0. The first kappa shape index (κ1) is 14.2. The van der Waals surface area contributed by atoms with Gasteiger partial charge in [-0.15, -0.1) is 0 Å². The van der Waals surface area contributed by atoms with Gasteiger partial charge in [0, 0.05) is 23.3 Å². The molecule has 0 amide bonds. The largest absolute Gasteiger partial charge is 0.490 e. The first-order chi connectivity index (χ1) is 11.4. The van der Waals surface area contributed by atoms with Gasteiger partial charge in [0.05, 0.1) is 0 Å². The third kappa shape index (κ3) is 2.92. The molecule has 2 heterocycles. The third-order valence-electron chi connectivity index (χ3n) is 4.42. The molecule has 0 unspecified atom stereocenters. The van der Waals surface area contributed by atoms with Crippen molar-refractivity contribution < 1.29 is 4.74 Å². The lowest BCUT2D eigenvalue weighted by Crippen LogP contribution is -2.34. The molecule has 0 radical (unpaired) electrons. The molecule has 1 aliphatic heterocycles. The van der Waals surface area contributed by atoms with Crippen LogP contribution in [0.1, 0.15) is 12.8 Å². The monoisotopic (exact) mass is 304 g/mol. The van der Waals surface area contributed by atoms with E-state index in [0.29, 0.717) is 0 Å². The van der Waals surface area contributed by atoms with Crippen LogP contribution in [0.5, 0.6) is 5.75 Å². The molecular weight excluding hydrogens is 284 g/mol. The lowest BCUT2D eigenvalue weighted by molar-refractivity contribution is 0.163. The number of hydrogen-bond acceptors (Lipinski definition) is 3. The number of nitrogens with one attached hydrogen (secondary N) is 1. The highest BCUT2D eigenvalue weighted by molar-refractivity contribution is 5.99. The molecule has 0 spiro atoms. The molecule has 1 N–H and O–H groups in total. The molecule has 3 heteroatoms. The van der Waals surface area contributed by atoms with Crippen molar-refractivity contribution in [1.29, 1.82) is 0 Å². The van der Waals surface area contributed by atoms with Crippen LogP contribution >= 0.6 is 0 Å². The van der Waals surface area contributed by atoms with Gasteiger partial charge in [0.2, 0.25) is 0 Å². The molecule has 0 bridgehead atoms. The summed E-state index contributed by atoms with van der Waals surface area (Å²) in [5.41, 5.74) is 2.36. The molecule has 2 aromatic carbocycles. The first-order valence-electron chi connectivity index (χ1n) is 8.21. The van der Waals surface area contributed by atoms with E-state index in [-0.39, 0.29) is 6.10 Å². The summed E-state index contributed by atoms with van der Waals surface area (Å²) in [6.07, 6.45) is 6.17. The van der Waals surface area contributed by atoms with Gasteiger partial charge in [0.25, 0.3) is 0 Å². The number of nitrogens with zero attached hydrogens (tertiary/aromatic N) is 1. The highest BCUT2D eigenvalue weighted by Crippen LogP contribution is 2.37. The molecule has 116 valence electrons. The van der Waals surface area contributed by atoms with E-state index in [2.05, 4.69) is 52.8 Å². The van der Waals surface area contributed by atoms with Crippen LogP contribution in [0.25, 0.3) is 21.9 Å². The lowest BCUT2D eigenvalue weighted by Gasteiger charge is -2.25. The number of pyridine rings is 1. The summed E-state index contributed by atoms with van der Waals surface area (Å²) in [4.78, 5) is 4.24. The highest BCUT2D eigenvalue weighted by Gasteiger charge is 2.18. The van der Waals surface area contributed by atoms with E-state index >= 15 is 0 Å². The highest BCUT2D eigenvalue weighted by atomic mass is 16.5. The van der Waals surface area contributed by atoms with Crippen molar-refractivity contribution in [2.24, 2.45) is 0 Å². The number of piperidine rings is 1. The van der Waals surface area contributed by atoms with E-state index in [9.17, 15) is 0 Å². The molecule has 1 fully saturated rings. The Labute approximate surface area is 136 Å². The Morgan fingerprint density at radius 2 is 1.78 bits per heavy atom. The van der Waals surface area contributed by atoms with Crippen LogP contribution in [-0.4, -0.2) is 24.2 Å². The fourth-order valence-electron chi connectivity index (χ4n) is 3.24. The predicted molar refractivity (Wildman–Crippen MR) is 93.7 cm³/mol. The summed E-state index contributed by atoms with van der Waals surface area (Å²) in [6.45, 7) is 2.06. The zero-order valence-electron chi connectivity index (χ0n) is 13.0. The van der Waals surface area contributed by atoms with Gasteiger partial charge in [0.1, 0.15) is 11.9 Å². The Balaban J connectivity index is 1.83. The summed E-state index contributed by atoms with van der Waals surface area (Å²) in [5.74, 6) is 0.974. The van der Waals surface area contributed by atoms with Crippen LogP contribution in [0.4, 0.5) is 0 Å². The smallest absolute Gasteiger partial charge is 0.128 e. The van der Waals surface area contributed by atoms with E-state index in [1.807, 2.05) is 18.5 Å². The van der Waals surface area contributed by atoms with Crippen molar-refractivity contribution in [3.8, 4) is 16.9 Å². The quantitative estimate of drug-likeness (QED) is 0.793. The molecule has 1 aromatic heterocycles. The standard InChI is InChI=1S/C20H20N2O/c1-2-4-15(5-3-1)20-18-10-13-22-14-16(18)6-7-19(20)23-17-8-11-21-12-9-17/h1-7,10,13-14,17,21H,8-9,11-12H2. The molecule has 0 atom stereocenters. The maximum Gasteiger partial charge on any atom is 0.128 e. The van der Waals surface area contributed by atoms with Crippen LogP contribution in [0.2, 0.25) is 0 Å². The zero-order valence-corrected chi connectivity index (χ0v) is 13.0. The lowest BCUT2D eigenvalue weighted by atomic mass is 9.98. The zero-order chi connectivity index (χ0) is 15.5. The second-order valence-electron chi connectivity index (χ2n) is 5.97. The Hall–Kier alpha value is -2.39. The summed E-state index contributed by atoms with van der Waals surface area (Å²) in [6, 6.07) is 16.7. The van der Waals surface area contributed by atoms with Gasteiger partial charge >= 0.3 is 0 Å². The summed E-state index contributed by atoms with van der Waals surface area (Å²) in [7, 11) is 0. The van der Waals surface area contributed by atoms with Crippen LogP contribution in [0.15, 0.2) is 60.9 Å². The SMILES string of the molecule is c1ccc(-c2c(OC3CCNCC3)ccc3cnccc23)cc1. The fourth-order valence-corrected chi connectivity index (χ4v) is 3.24. The molecule has 3 nitrogen and oxygen atoms in total. The predicted octanol–water partition coefficient (Wildman–Crippen LogP) is 4.03. The van der Waals surface area contributed by atoms with Crippen LogP contribution in [-0.2, 0) is 0 Å². The topological polar surface area (TPSA) is 34.1 Å². The Bertz CT molecular complexity index is 795. The molecule has 4 rings (SSSR count). The van der Waals surface area contributed by atoms with Crippen molar-refractivity contribution >= 4 is 10.8 Å². The molecule has 1 aliphatic rings. The Morgan fingerprint density at radius 1 is 0.957 bits per heavy atom. The van der Waals surface area contributed by atoms with Gasteiger partial charge in [-0.25, -0.2) is 0 Å². The van der Waals surface area contributed by atoms with Crippen molar-refractivity contribution in [3.63, 3.8) is 0 Å². The minimum atomic E-state index is 0.290. The normalized spacial score (nSPS) is 15.7. The van der Waals surface area contributed by atoms with E-state index in [4.69, 9.17) is 4.74 Å². The molecule has 3 aromatic rings. The molecular formula is C20H20N2O. The second-order valence-corrected chi connectivity index (χ2v) is 5.97. The van der Waals surface area contributed by atoms with Crippen LogP contribution in [0, 0.1) is 0 Å². The van der Waals surface area contributed by atoms with Crippen LogP contribution < -0.4 is 10.1 Å². The fraction of sp³-hybridized carbons (Fsp3) is 0.250. The van der Waals surface area contributed by atoms with Crippen molar-refractivity contribution in [2.45, 2.75) is 18.9 Å². The van der Waals surface area contributed by atoms with E-state index in [0.717, 1.165) is 37.1 Å². The average molecular weight is 304 g/mol. The van der Waals surface area contributed by atoms with Gasteiger partial charge in [-0.2, -0.15) is 0 Å². The number of rotatable bonds is 3. The number of hydrogen-bond donors (Lipinski definition) is 1. The molecule has 0 aliphatic carbocycles. The average Bonchev–Trinajstić information content (AvgIpc) is 2.63. The minimum absolute atomic E-state index is 0.290. The summed E-state index contributed by atoms with van der Waals surface area (Å²) in [5, 5.41) is 5.72. The van der Waals surface area contributed by atoms with Crippen LogP contribution in [0.3, 0.4) is 0 Å². The van der Waals surface area contributed by atoms with Gasteiger partial charge in [-0.1, -0.05) is 30.3 Å². The van der Waals surface area contributed by atoms with E-state index < -0.39 is 0 Å². The number of aromatic nitrogens is 1. The first-order valence-corrected chi connectivity index (χ1v) is 8.21. The van der Waals surface area contributed by atoms with E-state index in [1.165, 1.54) is 16.5 Å². The maximum absolute atomic E-state index is 6.39. The number of fused-ring (bicyclic) bond motifs is 1. The second kappa shape index (κ2) is 6.39.